The molecule has 1 aromatic heterocycles. The van der Waals surface area contributed by atoms with Gasteiger partial charge in [-0.15, -0.1) is 11.3 Å². The zero-order valence-corrected chi connectivity index (χ0v) is 15.9. The molecule has 0 bridgehead atoms. The molecule has 0 spiro atoms. The Morgan fingerprint density at radius 1 is 1.48 bits per heavy atom. The lowest BCUT2D eigenvalue weighted by Crippen LogP contribution is -2.44. The molecule has 10 heteroatoms. The van der Waals surface area contributed by atoms with Gasteiger partial charge in [0.1, 0.15) is 4.21 Å². The van der Waals surface area contributed by atoms with E-state index in [9.17, 15) is 16.8 Å². The van der Waals surface area contributed by atoms with Gasteiger partial charge < -0.3 is 5.32 Å². The van der Waals surface area contributed by atoms with E-state index in [1.807, 2.05) is 6.92 Å². The average Bonchev–Trinajstić information content (AvgIpc) is 2.87. The van der Waals surface area contributed by atoms with Crippen molar-refractivity contribution in [3.63, 3.8) is 0 Å². The number of sulfonamides is 2. The zero-order valence-electron chi connectivity index (χ0n) is 13.4. The van der Waals surface area contributed by atoms with Gasteiger partial charge in [0.25, 0.3) is 0 Å². The Kier molecular flexibility index (Phi) is 5.54. The van der Waals surface area contributed by atoms with E-state index in [0.29, 0.717) is 36.9 Å². The largest absolute Gasteiger partial charge is 0.308 e. The number of nitrogens with two attached hydrogens (primary N) is 1. The molecule has 1 aromatic rings. The second-order valence-electron chi connectivity index (χ2n) is 6.06. The van der Waals surface area contributed by atoms with E-state index in [4.69, 9.17) is 5.14 Å². The maximum absolute atomic E-state index is 12.7. The first kappa shape index (κ1) is 18.8. The summed E-state index contributed by atoms with van der Waals surface area (Å²) in [6, 6.07) is 0.972. The lowest BCUT2D eigenvalue weighted by atomic mass is 10.1. The minimum Gasteiger partial charge on any atom is -0.308 e. The second-order valence-corrected chi connectivity index (χ2v) is 10.8. The van der Waals surface area contributed by atoms with Crippen molar-refractivity contribution in [2.24, 2.45) is 11.1 Å². The smallest absolute Gasteiger partial charge is 0.247 e. The van der Waals surface area contributed by atoms with Crippen molar-refractivity contribution in [2.45, 2.75) is 42.3 Å². The number of nitrogens with zero attached hydrogens (tertiary/aromatic N) is 1. The molecule has 0 aliphatic carbocycles. The van der Waals surface area contributed by atoms with Crippen molar-refractivity contribution >= 4 is 31.4 Å². The molecule has 0 saturated heterocycles. The summed E-state index contributed by atoms with van der Waals surface area (Å²) in [6.07, 6.45) is 0.692. The maximum Gasteiger partial charge on any atom is 0.247 e. The Morgan fingerprint density at radius 3 is 2.65 bits per heavy atom. The third-order valence-electron chi connectivity index (χ3n) is 3.55. The molecule has 0 unspecified atom stereocenters. The number of fused-ring (bicyclic) bond motifs is 1. The molecule has 2 rings (SSSR count). The first-order chi connectivity index (χ1) is 10.6. The SMILES string of the molecule is CCCN1C[C@@H](NCC(C)C)c2sc(S(N)(=O)=O)cc2S1(=O)=O. The van der Waals surface area contributed by atoms with Crippen LogP contribution in [0.15, 0.2) is 15.2 Å². The predicted molar refractivity (Wildman–Crippen MR) is 90.3 cm³/mol. The van der Waals surface area contributed by atoms with Crippen molar-refractivity contribution in [1.29, 1.82) is 0 Å². The predicted octanol–water partition coefficient (Wildman–Crippen LogP) is 1.10. The van der Waals surface area contributed by atoms with Gasteiger partial charge in [-0.2, -0.15) is 4.31 Å². The molecule has 23 heavy (non-hydrogen) atoms. The molecule has 1 atom stereocenters. The Labute approximate surface area is 142 Å². The van der Waals surface area contributed by atoms with Crippen LogP contribution in [0.1, 0.15) is 38.1 Å². The van der Waals surface area contributed by atoms with Crippen LogP contribution in [-0.4, -0.2) is 40.8 Å². The molecule has 0 saturated carbocycles. The zero-order chi connectivity index (χ0) is 17.4. The lowest BCUT2D eigenvalue weighted by Gasteiger charge is -2.32. The van der Waals surface area contributed by atoms with E-state index in [0.717, 1.165) is 11.3 Å². The van der Waals surface area contributed by atoms with Crippen LogP contribution >= 0.6 is 11.3 Å². The summed E-state index contributed by atoms with van der Waals surface area (Å²) in [5.74, 6) is 0.397. The van der Waals surface area contributed by atoms with Gasteiger partial charge in [-0.05, 0) is 24.9 Å². The fourth-order valence-electron chi connectivity index (χ4n) is 2.47. The molecule has 0 radical (unpaired) electrons. The number of primary sulfonamides is 1. The summed E-state index contributed by atoms with van der Waals surface area (Å²) in [4.78, 5) is 0.592. The molecule has 7 nitrogen and oxygen atoms in total. The summed E-state index contributed by atoms with van der Waals surface area (Å²) in [7, 11) is -7.60. The van der Waals surface area contributed by atoms with E-state index < -0.39 is 20.0 Å². The van der Waals surface area contributed by atoms with Gasteiger partial charge in [0, 0.05) is 18.0 Å². The lowest BCUT2D eigenvalue weighted by molar-refractivity contribution is 0.334. The first-order valence-corrected chi connectivity index (χ1v) is 11.3. The second kappa shape index (κ2) is 6.77. The maximum atomic E-state index is 12.7. The molecule has 3 N–H and O–H groups in total. The van der Waals surface area contributed by atoms with E-state index in [2.05, 4.69) is 19.2 Å². The summed E-state index contributed by atoms with van der Waals surface area (Å²) in [5, 5.41) is 8.51. The van der Waals surface area contributed by atoms with E-state index in [-0.39, 0.29) is 15.1 Å². The van der Waals surface area contributed by atoms with Crippen LogP contribution in [0.4, 0.5) is 0 Å². The van der Waals surface area contributed by atoms with Crippen LogP contribution in [0.25, 0.3) is 0 Å². The van der Waals surface area contributed by atoms with Crippen LogP contribution < -0.4 is 10.5 Å². The quantitative estimate of drug-likeness (QED) is 0.767. The van der Waals surface area contributed by atoms with Crippen LogP contribution in [0, 0.1) is 5.92 Å². The monoisotopic (exact) mass is 381 g/mol. The van der Waals surface area contributed by atoms with Gasteiger partial charge >= 0.3 is 0 Å². The molecule has 2 heterocycles. The number of rotatable bonds is 6. The fraction of sp³-hybridized carbons (Fsp3) is 0.692. The van der Waals surface area contributed by atoms with Crippen molar-refractivity contribution in [1.82, 2.24) is 9.62 Å². The molecule has 1 aliphatic rings. The fourth-order valence-corrected chi connectivity index (χ4v) is 6.64. The van der Waals surface area contributed by atoms with Gasteiger partial charge in [-0.1, -0.05) is 20.8 Å². The van der Waals surface area contributed by atoms with Crippen molar-refractivity contribution in [3.8, 4) is 0 Å². The van der Waals surface area contributed by atoms with Crippen molar-refractivity contribution in [2.75, 3.05) is 19.6 Å². The molecule has 0 aromatic carbocycles. The summed E-state index contributed by atoms with van der Waals surface area (Å²) >= 11 is 0.943. The van der Waals surface area contributed by atoms with Crippen molar-refractivity contribution in [3.05, 3.63) is 10.9 Å². The summed E-state index contributed by atoms with van der Waals surface area (Å²) in [6.45, 7) is 7.45. The van der Waals surface area contributed by atoms with Gasteiger partial charge in [-0.3, -0.25) is 0 Å². The third kappa shape index (κ3) is 3.94. The minimum absolute atomic E-state index is 0.0625. The highest BCUT2D eigenvalue weighted by Crippen LogP contribution is 2.39. The Morgan fingerprint density at radius 2 is 2.13 bits per heavy atom. The molecule has 1 aliphatic heterocycles. The van der Waals surface area contributed by atoms with Crippen LogP contribution in [0.2, 0.25) is 0 Å². The normalized spacial score (nSPS) is 21.5. The Bertz CT molecular complexity index is 768. The van der Waals surface area contributed by atoms with Gasteiger partial charge in [-0.25, -0.2) is 22.0 Å². The highest BCUT2D eigenvalue weighted by Gasteiger charge is 2.39. The number of hydrogen-bond donors (Lipinski definition) is 2. The minimum atomic E-state index is -3.92. The third-order valence-corrected chi connectivity index (χ3v) is 8.25. The number of hydrogen-bond acceptors (Lipinski definition) is 6. The van der Waals surface area contributed by atoms with E-state index in [1.54, 1.807) is 0 Å². The molecule has 0 amide bonds. The molecular weight excluding hydrogens is 358 g/mol. The topological polar surface area (TPSA) is 110 Å². The van der Waals surface area contributed by atoms with Crippen LogP contribution in [0.3, 0.4) is 0 Å². The van der Waals surface area contributed by atoms with Gasteiger partial charge in [0.05, 0.1) is 10.9 Å². The number of thiophene rings is 1. The van der Waals surface area contributed by atoms with E-state index >= 15 is 0 Å². The molecular formula is C13H23N3O4S3. The van der Waals surface area contributed by atoms with Crippen LogP contribution in [0.5, 0.6) is 0 Å². The average molecular weight is 382 g/mol. The van der Waals surface area contributed by atoms with E-state index in [1.165, 1.54) is 10.4 Å². The Hall–Kier alpha value is -0.520. The molecule has 0 fully saturated rings. The summed E-state index contributed by atoms with van der Waals surface area (Å²) < 4.78 is 49.9. The number of nitrogens with one attached hydrogen (secondary N) is 1. The van der Waals surface area contributed by atoms with Gasteiger partial charge in [0.2, 0.25) is 20.0 Å². The summed E-state index contributed by atoms with van der Waals surface area (Å²) in [5.41, 5.74) is 0. The van der Waals surface area contributed by atoms with Crippen LogP contribution in [-0.2, 0) is 20.0 Å². The highest BCUT2D eigenvalue weighted by atomic mass is 32.2. The van der Waals surface area contributed by atoms with Crippen molar-refractivity contribution < 1.29 is 16.8 Å². The molecule has 132 valence electrons. The standard InChI is InChI=1S/C13H23N3O4S3/c1-4-5-16-8-10(15-7-9(2)3)13-11(23(16,19)20)6-12(21-13)22(14,17)18/h6,9-10,15H,4-5,7-8H2,1-3H3,(H2,14,17,18)/t10-/m1/s1. The first-order valence-electron chi connectivity index (χ1n) is 7.47. The highest BCUT2D eigenvalue weighted by molar-refractivity contribution is 7.92. The Balaban J connectivity index is 2.51. The van der Waals surface area contributed by atoms with Gasteiger partial charge in [0.15, 0.2) is 0 Å².